The van der Waals surface area contributed by atoms with E-state index < -0.39 is 0 Å². The quantitative estimate of drug-likeness (QED) is 0.397. The average Bonchev–Trinajstić information content (AvgIpc) is 3.23. The Labute approximate surface area is 224 Å². The molecule has 2 N–H and O–H groups in total. The molecule has 6 aliphatic rings. The highest BCUT2D eigenvalue weighted by Gasteiger charge is 2.43. The van der Waals surface area contributed by atoms with E-state index in [0.29, 0.717) is 0 Å². The van der Waals surface area contributed by atoms with Crippen LogP contribution in [0.5, 0.6) is 0 Å². The monoisotopic (exact) mass is 496 g/mol. The van der Waals surface area contributed by atoms with Crippen LogP contribution in [0.15, 0.2) is 0 Å². The van der Waals surface area contributed by atoms with Gasteiger partial charge in [-0.25, -0.2) is 0 Å². The van der Waals surface area contributed by atoms with E-state index in [0.717, 1.165) is 59.7 Å². The maximum atomic E-state index is 4.39. The predicted octanol–water partition coefficient (Wildman–Crippen LogP) is 8.78. The van der Waals surface area contributed by atoms with E-state index in [9.17, 15) is 0 Å². The first-order valence-corrected chi connectivity index (χ1v) is 17.4. The molecule has 6 fully saturated rings. The highest BCUT2D eigenvalue weighted by Crippen LogP contribution is 2.48. The Morgan fingerprint density at radius 1 is 0.306 bits per heavy atom. The van der Waals surface area contributed by atoms with Gasteiger partial charge in [0.05, 0.1) is 0 Å². The maximum Gasteiger partial charge on any atom is 0.0103 e. The maximum absolute atomic E-state index is 4.39. The van der Waals surface area contributed by atoms with Gasteiger partial charge in [0, 0.05) is 24.2 Å². The molecule has 0 heterocycles. The largest absolute Gasteiger partial charge is 0.311 e. The van der Waals surface area contributed by atoms with E-state index in [1.807, 2.05) is 0 Å². The van der Waals surface area contributed by atoms with Crippen LogP contribution >= 0.6 is 0 Å². The Balaban J connectivity index is 1.18. The van der Waals surface area contributed by atoms with Crippen LogP contribution in [0.1, 0.15) is 154 Å². The van der Waals surface area contributed by atoms with Crippen molar-refractivity contribution in [2.45, 2.75) is 178 Å². The predicted molar refractivity (Wildman–Crippen MR) is 153 cm³/mol. The van der Waals surface area contributed by atoms with Crippen molar-refractivity contribution in [3.8, 4) is 0 Å². The first-order valence-electron chi connectivity index (χ1n) is 17.4. The molecule has 206 valence electrons. The van der Waals surface area contributed by atoms with E-state index in [1.165, 1.54) is 116 Å². The van der Waals surface area contributed by atoms with Crippen molar-refractivity contribution < 1.29 is 0 Å². The summed E-state index contributed by atoms with van der Waals surface area (Å²) in [7, 11) is 0. The second kappa shape index (κ2) is 12.8. The van der Waals surface area contributed by atoms with Gasteiger partial charge in [-0.3, -0.25) is 0 Å². The molecule has 0 aromatic carbocycles. The fourth-order valence-corrected chi connectivity index (χ4v) is 10.7. The minimum atomic E-state index is 0.834. The first kappa shape index (κ1) is 26.2. The van der Waals surface area contributed by atoms with Crippen LogP contribution in [0.2, 0.25) is 0 Å². The van der Waals surface area contributed by atoms with Crippen molar-refractivity contribution >= 4 is 0 Å². The van der Waals surface area contributed by atoms with E-state index in [4.69, 9.17) is 0 Å². The molecule has 6 aliphatic carbocycles. The fourth-order valence-electron chi connectivity index (χ4n) is 10.7. The number of nitrogens with one attached hydrogen (secondary N) is 2. The molecule has 0 aromatic rings. The normalized spacial score (nSPS) is 43.7. The zero-order valence-corrected chi connectivity index (χ0v) is 23.7. The summed E-state index contributed by atoms with van der Waals surface area (Å²) in [5.41, 5.74) is 0. The van der Waals surface area contributed by atoms with Gasteiger partial charge in [-0.05, 0) is 113 Å². The van der Waals surface area contributed by atoms with Crippen molar-refractivity contribution in [3.63, 3.8) is 0 Å². The number of fused-ring (bicyclic) bond motifs is 2. The van der Waals surface area contributed by atoms with Crippen molar-refractivity contribution in [1.82, 2.24) is 10.6 Å². The molecule has 36 heavy (non-hydrogen) atoms. The topological polar surface area (TPSA) is 24.1 Å². The van der Waals surface area contributed by atoms with Gasteiger partial charge in [0.2, 0.25) is 0 Å². The molecule has 0 aliphatic heterocycles. The van der Waals surface area contributed by atoms with Crippen LogP contribution in [0.4, 0.5) is 0 Å². The Hall–Kier alpha value is -0.0800. The minimum Gasteiger partial charge on any atom is -0.311 e. The zero-order valence-electron chi connectivity index (χ0n) is 23.7. The van der Waals surface area contributed by atoms with Gasteiger partial charge in [0.15, 0.2) is 0 Å². The van der Waals surface area contributed by atoms with E-state index >= 15 is 0 Å². The van der Waals surface area contributed by atoms with Crippen LogP contribution in [0, 0.1) is 35.5 Å². The van der Waals surface area contributed by atoms with Gasteiger partial charge < -0.3 is 10.6 Å². The third-order valence-electron chi connectivity index (χ3n) is 12.7. The van der Waals surface area contributed by atoms with Crippen molar-refractivity contribution in [2.24, 2.45) is 35.5 Å². The van der Waals surface area contributed by atoms with E-state index in [2.05, 4.69) is 10.6 Å². The van der Waals surface area contributed by atoms with Crippen LogP contribution in [0.3, 0.4) is 0 Å². The molecule has 6 saturated carbocycles. The summed E-state index contributed by atoms with van der Waals surface area (Å²) < 4.78 is 0. The van der Waals surface area contributed by atoms with Gasteiger partial charge >= 0.3 is 0 Å². The molecular weight excluding hydrogens is 436 g/mol. The lowest BCUT2D eigenvalue weighted by Crippen LogP contribution is -2.48. The molecule has 0 radical (unpaired) electrons. The average molecular weight is 497 g/mol. The van der Waals surface area contributed by atoms with Crippen LogP contribution in [-0.2, 0) is 0 Å². The lowest BCUT2D eigenvalue weighted by Gasteiger charge is -2.40. The molecule has 6 rings (SSSR count). The fraction of sp³-hybridized carbons (Fsp3) is 1.00. The molecule has 0 amide bonds. The van der Waals surface area contributed by atoms with Crippen LogP contribution in [-0.4, -0.2) is 24.2 Å². The third-order valence-corrected chi connectivity index (χ3v) is 12.7. The summed E-state index contributed by atoms with van der Waals surface area (Å²) >= 11 is 0. The van der Waals surface area contributed by atoms with E-state index in [1.54, 1.807) is 38.5 Å². The Morgan fingerprint density at radius 3 is 1.11 bits per heavy atom. The Morgan fingerprint density at radius 2 is 0.667 bits per heavy atom. The van der Waals surface area contributed by atoms with Gasteiger partial charge in [0.1, 0.15) is 0 Å². The summed E-state index contributed by atoms with van der Waals surface area (Å²) in [5, 5.41) is 8.79. The summed E-state index contributed by atoms with van der Waals surface area (Å²) in [4.78, 5) is 0. The third kappa shape index (κ3) is 6.38. The highest BCUT2D eigenvalue weighted by molar-refractivity contribution is 4.97. The molecule has 8 unspecified atom stereocenters. The Bertz CT molecular complexity index is 594. The molecule has 8 atom stereocenters. The second-order valence-electron chi connectivity index (χ2n) is 14.8. The van der Waals surface area contributed by atoms with Gasteiger partial charge in [-0.2, -0.15) is 0 Å². The lowest BCUT2D eigenvalue weighted by molar-refractivity contribution is 0.151. The van der Waals surface area contributed by atoms with Gasteiger partial charge in [-0.15, -0.1) is 0 Å². The van der Waals surface area contributed by atoms with Gasteiger partial charge in [-0.1, -0.05) is 77.0 Å². The summed E-state index contributed by atoms with van der Waals surface area (Å²) in [6.07, 6.45) is 36.2. The van der Waals surface area contributed by atoms with Gasteiger partial charge in [0.25, 0.3) is 0 Å². The van der Waals surface area contributed by atoms with Crippen molar-refractivity contribution in [2.75, 3.05) is 0 Å². The van der Waals surface area contributed by atoms with Crippen molar-refractivity contribution in [3.05, 3.63) is 0 Å². The molecule has 0 saturated heterocycles. The minimum absolute atomic E-state index is 0.834. The number of rotatable bonds is 5. The van der Waals surface area contributed by atoms with E-state index in [-0.39, 0.29) is 0 Å². The van der Waals surface area contributed by atoms with Crippen LogP contribution < -0.4 is 10.6 Å². The second-order valence-corrected chi connectivity index (χ2v) is 14.8. The summed E-state index contributed by atoms with van der Waals surface area (Å²) in [5.74, 6) is 6.05. The smallest absolute Gasteiger partial charge is 0.0103 e. The summed E-state index contributed by atoms with van der Waals surface area (Å²) in [6.45, 7) is 0. The first-order chi connectivity index (χ1) is 17.8. The molecule has 2 heteroatoms. The number of hydrogen-bond donors (Lipinski definition) is 2. The highest BCUT2D eigenvalue weighted by atomic mass is 15.0. The number of hydrogen-bond acceptors (Lipinski definition) is 2. The molecule has 0 bridgehead atoms. The molecule has 0 spiro atoms. The molecular formula is C34H60N2. The van der Waals surface area contributed by atoms with Crippen LogP contribution in [0.25, 0.3) is 0 Å². The summed E-state index contributed by atoms with van der Waals surface area (Å²) in [6, 6.07) is 3.34. The molecule has 2 nitrogen and oxygen atoms in total. The lowest BCUT2D eigenvalue weighted by atomic mass is 9.73. The molecule has 0 aromatic heterocycles. The SMILES string of the molecule is C1CCC(NC2CC(C3CCC4CCCCC4C(NC4CCCCC4)C3)CCC3CCCCC32)CC1. The van der Waals surface area contributed by atoms with Crippen molar-refractivity contribution in [1.29, 1.82) is 0 Å². The zero-order chi connectivity index (χ0) is 24.2. The standard InChI is InChI=1S/C34H60N2/c1-3-13-29(14-4-1)35-33-23-27(21-19-25-11-7-9-17-31(25)33)28-22-20-26-12-8-10-18-32(26)34(24-28)36-30-15-5-2-6-16-30/h25-36H,1-24H2. The Kier molecular flexibility index (Phi) is 9.34.